The van der Waals surface area contributed by atoms with Gasteiger partial charge in [0.05, 0.1) is 28.3 Å². The predicted octanol–water partition coefficient (Wildman–Crippen LogP) is 3.10. The zero-order valence-corrected chi connectivity index (χ0v) is 20.1. The van der Waals surface area contributed by atoms with Crippen molar-refractivity contribution < 1.29 is 35.1 Å². The summed E-state index contributed by atoms with van der Waals surface area (Å²) in [6.45, 7) is -0.774. The fourth-order valence-electron chi connectivity index (χ4n) is 5.60. The van der Waals surface area contributed by atoms with E-state index in [9.17, 15) is 35.6 Å². The quantitative estimate of drug-likeness (QED) is 0.543. The molecular weight excluding hydrogens is 521 g/mol. The molecule has 0 saturated carbocycles. The van der Waals surface area contributed by atoms with E-state index in [2.05, 4.69) is 9.97 Å². The monoisotopic (exact) mass is 543 g/mol. The van der Waals surface area contributed by atoms with E-state index in [0.29, 0.717) is 0 Å². The summed E-state index contributed by atoms with van der Waals surface area (Å²) in [7, 11) is -4.54. The van der Waals surface area contributed by atoms with Gasteiger partial charge in [-0.15, -0.1) is 0 Å². The number of benzene rings is 1. The number of hydrogen-bond acceptors (Lipinski definition) is 8. The minimum Gasteiger partial charge on any atom is -0.361 e. The summed E-state index contributed by atoms with van der Waals surface area (Å²) in [4.78, 5) is 10.1. The van der Waals surface area contributed by atoms with Gasteiger partial charge in [0.25, 0.3) is 5.92 Å². The van der Waals surface area contributed by atoms with Crippen LogP contribution in [0.5, 0.6) is 0 Å². The SMILES string of the molecule is N#Cc1nccc(N2C[C@@H](S(=O)(=O)c3ccccc3C(F)(F)F)C3CCOC(N4CCC(F)(F)C4)C32)n1. The van der Waals surface area contributed by atoms with Gasteiger partial charge in [0, 0.05) is 38.2 Å². The van der Waals surface area contributed by atoms with E-state index in [-0.39, 0.29) is 37.8 Å². The molecule has 3 saturated heterocycles. The first-order valence-electron chi connectivity index (χ1n) is 11.6. The van der Waals surface area contributed by atoms with Crippen LogP contribution in [-0.2, 0) is 20.8 Å². The first-order chi connectivity index (χ1) is 17.4. The second-order valence-electron chi connectivity index (χ2n) is 9.36. The van der Waals surface area contributed by atoms with Crippen LogP contribution in [0, 0.1) is 17.2 Å². The maximum atomic E-state index is 14.1. The third kappa shape index (κ3) is 4.64. The molecule has 2 aromatic rings. The van der Waals surface area contributed by atoms with E-state index >= 15 is 0 Å². The Balaban J connectivity index is 1.59. The zero-order chi connectivity index (χ0) is 26.6. The molecule has 4 atom stereocenters. The number of halogens is 5. The molecule has 0 radical (unpaired) electrons. The lowest BCUT2D eigenvalue weighted by molar-refractivity contribution is -0.139. The lowest BCUT2D eigenvalue weighted by Gasteiger charge is -2.43. The molecule has 1 aromatic heterocycles. The Bertz CT molecular complexity index is 1330. The van der Waals surface area contributed by atoms with Gasteiger partial charge in [0.2, 0.25) is 5.82 Å². The topological polar surface area (TPSA) is 99.4 Å². The average molecular weight is 544 g/mol. The lowest BCUT2D eigenvalue weighted by Crippen LogP contribution is -2.56. The summed E-state index contributed by atoms with van der Waals surface area (Å²) in [5, 5.41) is 7.95. The molecule has 0 amide bonds. The number of nitriles is 1. The smallest absolute Gasteiger partial charge is 0.361 e. The van der Waals surface area contributed by atoms with Gasteiger partial charge in [0.1, 0.15) is 18.1 Å². The summed E-state index contributed by atoms with van der Waals surface area (Å²) in [6, 6.07) is 6.45. The largest absolute Gasteiger partial charge is 0.417 e. The summed E-state index contributed by atoms with van der Waals surface area (Å²) >= 11 is 0. The number of alkyl halides is 5. The van der Waals surface area contributed by atoms with Gasteiger partial charge >= 0.3 is 6.18 Å². The molecule has 8 nitrogen and oxygen atoms in total. The molecule has 4 heterocycles. The highest BCUT2D eigenvalue weighted by atomic mass is 32.2. The highest BCUT2D eigenvalue weighted by molar-refractivity contribution is 7.92. The molecule has 0 spiro atoms. The molecule has 0 bridgehead atoms. The standard InChI is InChI=1S/C23H22F5N5O3S/c24-22(25)7-9-32(13-22)21-20-14(6-10-36-21)17(12-33(20)19-5-8-30-18(11-29)31-19)37(34,35)16-4-2-1-3-15(16)23(26,27)28/h1-5,8,14,17,20-21H,6-7,9-10,12-13H2/t14?,17-,20?,21?/m1/s1. The number of aromatic nitrogens is 2. The van der Waals surface area contributed by atoms with Gasteiger partial charge in [-0.25, -0.2) is 27.2 Å². The van der Waals surface area contributed by atoms with Crippen molar-refractivity contribution in [3.63, 3.8) is 0 Å². The number of sulfone groups is 1. The number of likely N-dealkylation sites (tertiary alicyclic amines) is 1. The second kappa shape index (κ2) is 9.14. The molecule has 0 aliphatic carbocycles. The summed E-state index contributed by atoms with van der Waals surface area (Å²) in [5.41, 5.74) is -1.26. The molecule has 3 unspecified atom stereocenters. The normalized spacial score (nSPS) is 28.2. The minimum absolute atomic E-state index is 0.0102. The minimum atomic E-state index is -4.89. The van der Waals surface area contributed by atoms with Crippen molar-refractivity contribution in [3.8, 4) is 6.07 Å². The van der Waals surface area contributed by atoms with Crippen LogP contribution in [0.2, 0.25) is 0 Å². The highest BCUT2D eigenvalue weighted by Crippen LogP contribution is 2.45. The Morgan fingerprint density at radius 3 is 2.62 bits per heavy atom. The molecule has 0 N–H and O–H groups in total. The fraction of sp³-hybridized carbons (Fsp3) is 0.522. The zero-order valence-electron chi connectivity index (χ0n) is 19.3. The molecular formula is C23H22F5N5O3S. The number of nitrogens with zero attached hydrogens (tertiary/aromatic N) is 5. The van der Waals surface area contributed by atoms with Crippen LogP contribution in [0.4, 0.5) is 27.8 Å². The maximum absolute atomic E-state index is 14.1. The van der Waals surface area contributed by atoms with Crippen molar-refractivity contribution in [2.75, 3.05) is 31.1 Å². The number of fused-ring (bicyclic) bond motifs is 1. The van der Waals surface area contributed by atoms with E-state index in [1.54, 1.807) is 11.0 Å². The van der Waals surface area contributed by atoms with E-state index in [1.807, 2.05) is 0 Å². The Labute approximate surface area is 209 Å². The van der Waals surface area contributed by atoms with E-state index in [4.69, 9.17) is 4.74 Å². The van der Waals surface area contributed by atoms with Crippen molar-refractivity contribution in [1.82, 2.24) is 14.9 Å². The summed E-state index contributed by atoms with van der Waals surface area (Å²) in [6.07, 6.45) is -4.73. The van der Waals surface area contributed by atoms with Crippen molar-refractivity contribution in [2.45, 2.75) is 47.4 Å². The Morgan fingerprint density at radius 1 is 1.19 bits per heavy atom. The number of ether oxygens (including phenoxy) is 1. The van der Waals surface area contributed by atoms with Crippen LogP contribution in [-0.4, -0.2) is 73.0 Å². The van der Waals surface area contributed by atoms with Gasteiger partial charge in [-0.3, -0.25) is 4.90 Å². The van der Waals surface area contributed by atoms with Gasteiger partial charge in [0.15, 0.2) is 9.84 Å². The summed E-state index contributed by atoms with van der Waals surface area (Å²) in [5.74, 6) is -3.70. The number of rotatable bonds is 4. The molecule has 3 aliphatic heterocycles. The third-order valence-corrected chi connectivity index (χ3v) is 9.44. The average Bonchev–Trinajstić information content (AvgIpc) is 3.44. The van der Waals surface area contributed by atoms with Crippen LogP contribution in [0.3, 0.4) is 0 Å². The maximum Gasteiger partial charge on any atom is 0.417 e. The highest BCUT2D eigenvalue weighted by Gasteiger charge is 2.57. The van der Waals surface area contributed by atoms with Crippen LogP contribution in [0.25, 0.3) is 0 Å². The number of anilines is 1. The van der Waals surface area contributed by atoms with Crippen molar-refractivity contribution in [2.24, 2.45) is 5.92 Å². The van der Waals surface area contributed by atoms with Crippen LogP contribution < -0.4 is 4.90 Å². The first-order valence-corrected chi connectivity index (χ1v) is 13.1. The molecule has 14 heteroatoms. The van der Waals surface area contributed by atoms with Crippen LogP contribution in [0.1, 0.15) is 24.2 Å². The summed E-state index contributed by atoms with van der Waals surface area (Å²) < 4.78 is 103. The Hall–Kier alpha value is -2.89. The predicted molar refractivity (Wildman–Crippen MR) is 119 cm³/mol. The van der Waals surface area contributed by atoms with Gasteiger partial charge < -0.3 is 9.64 Å². The van der Waals surface area contributed by atoms with Crippen LogP contribution >= 0.6 is 0 Å². The van der Waals surface area contributed by atoms with Crippen molar-refractivity contribution >= 4 is 15.7 Å². The fourth-order valence-corrected chi connectivity index (χ4v) is 7.80. The third-order valence-electron chi connectivity index (χ3n) is 7.18. The molecule has 3 aliphatic rings. The van der Waals surface area contributed by atoms with E-state index in [0.717, 1.165) is 18.2 Å². The molecule has 37 heavy (non-hydrogen) atoms. The molecule has 5 rings (SSSR count). The van der Waals surface area contributed by atoms with Crippen LogP contribution in [0.15, 0.2) is 41.4 Å². The van der Waals surface area contributed by atoms with Gasteiger partial charge in [-0.05, 0) is 24.6 Å². The lowest BCUT2D eigenvalue weighted by atomic mass is 9.92. The Kier molecular flexibility index (Phi) is 6.36. The Morgan fingerprint density at radius 2 is 1.95 bits per heavy atom. The molecule has 3 fully saturated rings. The molecule has 198 valence electrons. The van der Waals surface area contributed by atoms with Crippen molar-refractivity contribution in [1.29, 1.82) is 5.26 Å². The first kappa shape index (κ1) is 25.7. The van der Waals surface area contributed by atoms with Gasteiger partial charge in [-0.2, -0.15) is 18.4 Å². The number of hydrogen-bond donors (Lipinski definition) is 0. The van der Waals surface area contributed by atoms with E-state index < -0.39 is 68.8 Å². The van der Waals surface area contributed by atoms with Crippen molar-refractivity contribution in [3.05, 3.63) is 47.9 Å². The second-order valence-corrected chi connectivity index (χ2v) is 11.5. The van der Waals surface area contributed by atoms with Gasteiger partial charge in [-0.1, -0.05) is 12.1 Å². The van der Waals surface area contributed by atoms with E-state index in [1.165, 1.54) is 23.2 Å². The molecule has 1 aromatic carbocycles.